The summed E-state index contributed by atoms with van der Waals surface area (Å²) >= 11 is 0. The Balaban J connectivity index is 1.70. The Bertz CT molecular complexity index is 763. The van der Waals surface area contributed by atoms with E-state index in [1.807, 2.05) is 18.2 Å². The van der Waals surface area contributed by atoms with E-state index >= 15 is 0 Å². The molecule has 5 heteroatoms. The summed E-state index contributed by atoms with van der Waals surface area (Å²) in [5, 5.41) is 16.3. The van der Waals surface area contributed by atoms with Gasteiger partial charge >= 0.3 is 0 Å². The zero-order valence-electron chi connectivity index (χ0n) is 16.2. The Labute approximate surface area is 161 Å². The van der Waals surface area contributed by atoms with Gasteiger partial charge in [-0.3, -0.25) is 4.79 Å². The third-order valence-electron chi connectivity index (χ3n) is 5.25. The molecular formula is C22H29N3O2. The fourth-order valence-corrected chi connectivity index (χ4v) is 3.52. The van der Waals surface area contributed by atoms with Crippen LogP contribution < -0.4 is 15.5 Å². The molecule has 0 aliphatic carbocycles. The molecule has 1 amide bonds. The highest BCUT2D eigenvalue weighted by Crippen LogP contribution is 2.24. The van der Waals surface area contributed by atoms with E-state index in [9.17, 15) is 9.90 Å². The third-order valence-corrected chi connectivity index (χ3v) is 5.25. The fraction of sp³-hybridized carbons (Fsp3) is 0.409. The highest BCUT2D eigenvalue weighted by atomic mass is 16.3. The van der Waals surface area contributed by atoms with Gasteiger partial charge in [-0.1, -0.05) is 24.3 Å². The van der Waals surface area contributed by atoms with Crippen LogP contribution in [0.25, 0.3) is 11.1 Å². The second kappa shape index (κ2) is 8.55. The zero-order valence-corrected chi connectivity index (χ0v) is 16.2. The number of hydrogen-bond acceptors (Lipinski definition) is 4. The lowest BCUT2D eigenvalue weighted by Crippen LogP contribution is -2.44. The van der Waals surface area contributed by atoms with Crippen molar-refractivity contribution < 1.29 is 9.90 Å². The summed E-state index contributed by atoms with van der Waals surface area (Å²) in [5.41, 5.74) is 3.06. The van der Waals surface area contributed by atoms with Crippen LogP contribution in [0.5, 0.6) is 0 Å². The maximum absolute atomic E-state index is 12.5. The number of aliphatic hydroxyl groups is 1. The number of rotatable bonds is 7. The molecule has 1 fully saturated rings. The van der Waals surface area contributed by atoms with Crippen LogP contribution in [0.15, 0.2) is 48.5 Å². The van der Waals surface area contributed by atoms with Gasteiger partial charge in [0.25, 0.3) is 5.91 Å². The predicted molar refractivity (Wildman–Crippen MR) is 110 cm³/mol. The molecule has 0 radical (unpaired) electrons. The maximum Gasteiger partial charge on any atom is 0.251 e. The molecule has 3 rings (SSSR count). The number of carbonyl (C=O) groups excluding carboxylic acids is 1. The quantitative estimate of drug-likeness (QED) is 0.704. The lowest BCUT2D eigenvalue weighted by molar-refractivity contribution is 0.0562. The van der Waals surface area contributed by atoms with Gasteiger partial charge in [0.2, 0.25) is 0 Å². The standard InChI is InChI=1S/C22H29N3O2/c1-3-25(4-2)20-10-8-17(9-11-20)18-6-5-7-19(14-18)21(26)24-16-22(27)12-13-23-15-22/h5-11,14,23,27H,3-4,12-13,15-16H2,1-2H3,(H,24,26). The van der Waals surface area contributed by atoms with Crippen molar-refractivity contribution in [3.8, 4) is 11.1 Å². The van der Waals surface area contributed by atoms with Crippen LogP contribution in [-0.2, 0) is 0 Å². The average molecular weight is 367 g/mol. The smallest absolute Gasteiger partial charge is 0.251 e. The molecule has 1 heterocycles. The van der Waals surface area contributed by atoms with Gasteiger partial charge < -0.3 is 20.6 Å². The summed E-state index contributed by atoms with van der Waals surface area (Å²) in [6.07, 6.45) is 0.659. The summed E-state index contributed by atoms with van der Waals surface area (Å²) in [5.74, 6) is -0.156. The van der Waals surface area contributed by atoms with E-state index in [-0.39, 0.29) is 12.5 Å². The Morgan fingerprint density at radius 2 is 1.89 bits per heavy atom. The van der Waals surface area contributed by atoms with E-state index in [4.69, 9.17) is 0 Å². The first-order chi connectivity index (χ1) is 13.0. The fourth-order valence-electron chi connectivity index (χ4n) is 3.52. The lowest BCUT2D eigenvalue weighted by atomic mass is 10.0. The molecule has 0 spiro atoms. The largest absolute Gasteiger partial charge is 0.387 e. The Kier molecular flexibility index (Phi) is 6.14. The van der Waals surface area contributed by atoms with E-state index in [0.29, 0.717) is 18.5 Å². The van der Waals surface area contributed by atoms with Gasteiger partial charge in [0.15, 0.2) is 0 Å². The molecule has 1 unspecified atom stereocenters. The summed E-state index contributed by atoms with van der Waals surface area (Å²) in [6.45, 7) is 7.83. The van der Waals surface area contributed by atoms with Crippen LogP contribution >= 0.6 is 0 Å². The topological polar surface area (TPSA) is 64.6 Å². The molecule has 27 heavy (non-hydrogen) atoms. The second-order valence-electron chi connectivity index (χ2n) is 7.13. The van der Waals surface area contributed by atoms with Crippen molar-refractivity contribution in [3.05, 3.63) is 54.1 Å². The minimum Gasteiger partial charge on any atom is -0.387 e. The molecule has 144 valence electrons. The van der Waals surface area contributed by atoms with Gasteiger partial charge in [-0.15, -0.1) is 0 Å². The Hall–Kier alpha value is -2.37. The SMILES string of the molecule is CCN(CC)c1ccc(-c2cccc(C(=O)NCC3(O)CCNC3)c2)cc1. The van der Waals surface area contributed by atoms with Crippen molar-refractivity contribution in [2.45, 2.75) is 25.9 Å². The number of nitrogens with zero attached hydrogens (tertiary/aromatic N) is 1. The summed E-state index contributed by atoms with van der Waals surface area (Å²) < 4.78 is 0. The van der Waals surface area contributed by atoms with E-state index in [0.717, 1.165) is 30.8 Å². The van der Waals surface area contributed by atoms with Crippen molar-refractivity contribution in [1.29, 1.82) is 0 Å². The van der Waals surface area contributed by atoms with Crippen molar-refractivity contribution >= 4 is 11.6 Å². The number of amides is 1. The molecular weight excluding hydrogens is 338 g/mol. The van der Waals surface area contributed by atoms with Gasteiger partial charge in [0, 0.05) is 37.4 Å². The lowest BCUT2D eigenvalue weighted by Gasteiger charge is -2.21. The van der Waals surface area contributed by atoms with E-state index in [1.54, 1.807) is 6.07 Å². The summed E-state index contributed by atoms with van der Waals surface area (Å²) in [7, 11) is 0. The van der Waals surface area contributed by atoms with Crippen LogP contribution in [0.2, 0.25) is 0 Å². The molecule has 2 aromatic rings. The number of hydrogen-bond donors (Lipinski definition) is 3. The monoisotopic (exact) mass is 367 g/mol. The van der Waals surface area contributed by atoms with Crippen LogP contribution in [-0.4, -0.2) is 49.3 Å². The van der Waals surface area contributed by atoms with Gasteiger partial charge in [-0.25, -0.2) is 0 Å². The first-order valence-corrected chi connectivity index (χ1v) is 9.71. The average Bonchev–Trinajstić information content (AvgIpc) is 3.14. The molecule has 0 saturated carbocycles. The van der Waals surface area contributed by atoms with Crippen molar-refractivity contribution in [2.75, 3.05) is 37.6 Å². The molecule has 1 aliphatic rings. The molecule has 1 aliphatic heterocycles. The van der Waals surface area contributed by atoms with Crippen LogP contribution in [0, 0.1) is 0 Å². The summed E-state index contributed by atoms with van der Waals surface area (Å²) in [4.78, 5) is 14.8. The van der Waals surface area contributed by atoms with Gasteiger partial charge in [-0.05, 0) is 62.2 Å². The minimum absolute atomic E-state index is 0.156. The molecule has 2 aromatic carbocycles. The molecule has 3 N–H and O–H groups in total. The van der Waals surface area contributed by atoms with Crippen LogP contribution in [0.4, 0.5) is 5.69 Å². The molecule has 0 aromatic heterocycles. The third kappa shape index (κ3) is 4.67. The van der Waals surface area contributed by atoms with E-state index in [2.05, 4.69) is 53.6 Å². The number of carbonyl (C=O) groups is 1. The van der Waals surface area contributed by atoms with Gasteiger partial charge in [0.1, 0.15) is 0 Å². The van der Waals surface area contributed by atoms with Crippen molar-refractivity contribution in [1.82, 2.24) is 10.6 Å². The van der Waals surface area contributed by atoms with Crippen molar-refractivity contribution in [2.24, 2.45) is 0 Å². The minimum atomic E-state index is -0.840. The number of nitrogens with one attached hydrogen (secondary N) is 2. The van der Waals surface area contributed by atoms with Crippen LogP contribution in [0.1, 0.15) is 30.6 Å². The molecule has 0 bridgehead atoms. The van der Waals surface area contributed by atoms with E-state index in [1.165, 1.54) is 5.69 Å². The predicted octanol–water partition coefficient (Wildman–Crippen LogP) is 2.65. The molecule has 1 atom stereocenters. The normalized spacial score (nSPS) is 19.1. The maximum atomic E-state index is 12.5. The van der Waals surface area contributed by atoms with E-state index < -0.39 is 5.60 Å². The highest BCUT2D eigenvalue weighted by Gasteiger charge is 2.31. The number of anilines is 1. The first-order valence-electron chi connectivity index (χ1n) is 9.71. The van der Waals surface area contributed by atoms with Gasteiger partial charge in [0.05, 0.1) is 5.60 Å². The second-order valence-corrected chi connectivity index (χ2v) is 7.13. The number of β-amino-alcohol motifs (C(OH)–C–C–N with tert-alkyl or cyclic N) is 1. The first kappa shape index (κ1) is 19.4. The highest BCUT2D eigenvalue weighted by molar-refractivity contribution is 5.95. The van der Waals surface area contributed by atoms with Crippen molar-refractivity contribution in [3.63, 3.8) is 0 Å². The number of benzene rings is 2. The Morgan fingerprint density at radius 1 is 1.15 bits per heavy atom. The zero-order chi connectivity index (χ0) is 19.3. The van der Waals surface area contributed by atoms with Gasteiger partial charge in [-0.2, -0.15) is 0 Å². The summed E-state index contributed by atoms with van der Waals surface area (Å²) in [6, 6.07) is 16.1. The molecule has 5 nitrogen and oxygen atoms in total. The molecule has 1 saturated heterocycles. The van der Waals surface area contributed by atoms with Crippen LogP contribution in [0.3, 0.4) is 0 Å². The Morgan fingerprint density at radius 3 is 2.52 bits per heavy atom.